The van der Waals surface area contributed by atoms with E-state index in [-0.39, 0.29) is 23.5 Å². The van der Waals surface area contributed by atoms with Crippen molar-refractivity contribution in [3.05, 3.63) is 11.6 Å². The van der Waals surface area contributed by atoms with E-state index in [9.17, 15) is 4.79 Å². The van der Waals surface area contributed by atoms with E-state index in [1.807, 2.05) is 0 Å². The number of ketones is 1. The average molecular weight is 290 g/mol. The van der Waals surface area contributed by atoms with Gasteiger partial charge in [-0.25, -0.2) is 0 Å². The standard InChI is InChI=1S/C18H26O3/c1-10-8-14-13-9-15-16(21-7-6-20-15)11(2)12(13)4-5-18(14,3)17(10)19/h4,10-11,13-16H,5-9H2,1-3H3/t10-,11?,13?,14?,15?,16?,18+/m0/s1. The Balaban J connectivity index is 1.69. The maximum absolute atomic E-state index is 12.6. The zero-order chi connectivity index (χ0) is 14.8. The van der Waals surface area contributed by atoms with Crippen molar-refractivity contribution in [3.8, 4) is 0 Å². The van der Waals surface area contributed by atoms with Gasteiger partial charge in [-0.15, -0.1) is 0 Å². The number of hydrogen-bond donors (Lipinski definition) is 0. The van der Waals surface area contributed by atoms with Gasteiger partial charge in [-0.3, -0.25) is 4.79 Å². The van der Waals surface area contributed by atoms with Crippen molar-refractivity contribution in [2.45, 2.75) is 52.2 Å². The normalized spacial score (nSPS) is 52.7. The third-order valence-corrected chi connectivity index (χ3v) is 6.71. The van der Waals surface area contributed by atoms with E-state index in [2.05, 4.69) is 26.8 Å². The summed E-state index contributed by atoms with van der Waals surface area (Å²) in [6, 6.07) is 0. The minimum atomic E-state index is -0.129. The van der Waals surface area contributed by atoms with Crippen LogP contribution in [-0.2, 0) is 14.3 Å². The van der Waals surface area contributed by atoms with Crippen molar-refractivity contribution in [1.29, 1.82) is 0 Å². The van der Waals surface area contributed by atoms with Crippen molar-refractivity contribution in [1.82, 2.24) is 0 Å². The van der Waals surface area contributed by atoms with Gasteiger partial charge < -0.3 is 9.47 Å². The topological polar surface area (TPSA) is 35.5 Å². The lowest BCUT2D eigenvalue weighted by Crippen LogP contribution is -2.52. The van der Waals surface area contributed by atoms with Gasteiger partial charge in [0.15, 0.2) is 0 Å². The van der Waals surface area contributed by atoms with Gasteiger partial charge in [-0.05, 0) is 31.1 Å². The average Bonchev–Trinajstić information content (AvgIpc) is 2.72. The van der Waals surface area contributed by atoms with Gasteiger partial charge in [-0.1, -0.05) is 32.4 Å². The summed E-state index contributed by atoms with van der Waals surface area (Å²) in [6.45, 7) is 8.04. The van der Waals surface area contributed by atoms with Crippen LogP contribution >= 0.6 is 0 Å². The number of rotatable bonds is 0. The molecule has 0 radical (unpaired) electrons. The molecule has 0 aromatic rings. The Labute approximate surface area is 127 Å². The Morgan fingerprint density at radius 1 is 1.19 bits per heavy atom. The van der Waals surface area contributed by atoms with Crippen LogP contribution in [0.2, 0.25) is 0 Å². The number of carbonyl (C=O) groups excluding carboxylic acids is 1. The number of allylic oxidation sites excluding steroid dienone is 1. The van der Waals surface area contributed by atoms with Crippen LogP contribution in [0.15, 0.2) is 11.6 Å². The van der Waals surface area contributed by atoms with Crippen LogP contribution in [-0.4, -0.2) is 31.2 Å². The number of ether oxygens (including phenoxy) is 2. The monoisotopic (exact) mass is 290 g/mol. The van der Waals surface area contributed by atoms with Crippen molar-refractivity contribution in [3.63, 3.8) is 0 Å². The summed E-state index contributed by atoms with van der Waals surface area (Å²) in [6.07, 6.45) is 5.85. The lowest BCUT2D eigenvalue weighted by Gasteiger charge is -2.50. The minimum Gasteiger partial charge on any atom is -0.373 e. The van der Waals surface area contributed by atoms with Crippen LogP contribution < -0.4 is 0 Å². The minimum absolute atomic E-state index is 0.129. The highest BCUT2D eigenvalue weighted by atomic mass is 16.6. The first-order valence-electron chi connectivity index (χ1n) is 8.50. The molecule has 4 rings (SSSR count). The first-order chi connectivity index (χ1) is 10.0. The molecule has 5 unspecified atom stereocenters. The third-order valence-electron chi connectivity index (χ3n) is 6.71. The molecule has 0 N–H and O–H groups in total. The zero-order valence-electron chi connectivity index (χ0n) is 13.3. The van der Waals surface area contributed by atoms with Gasteiger partial charge in [-0.2, -0.15) is 0 Å². The number of hydrogen-bond acceptors (Lipinski definition) is 3. The molecule has 116 valence electrons. The fourth-order valence-corrected chi connectivity index (χ4v) is 5.59. The molecular weight excluding hydrogens is 264 g/mol. The van der Waals surface area contributed by atoms with Crippen LogP contribution in [0, 0.1) is 29.1 Å². The van der Waals surface area contributed by atoms with E-state index >= 15 is 0 Å². The first kappa shape index (κ1) is 14.0. The molecule has 0 bridgehead atoms. The van der Waals surface area contributed by atoms with Crippen LogP contribution in [0.1, 0.15) is 40.0 Å². The molecule has 7 atom stereocenters. The summed E-state index contributed by atoms with van der Waals surface area (Å²) >= 11 is 0. The molecule has 0 aromatic carbocycles. The van der Waals surface area contributed by atoms with Gasteiger partial charge in [0.2, 0.25) is 0 Å². The highest BCUT2D eigenvalue weighted by molar-refractivity contribution is 5.89. The molecule has 3 fully saturated rings. The quantitative estimate of drug-likeness (QED) is 0.643. The van der Waals surface area contributed by atoms with Gasteiger partial charge >= 0.3 is 0 Å². The lowest BCUT2D eigenvalue weighted by atomic mass is 9.58. The van der Waals surface area contributed by atoms with Crippen molar-refractivity contribution in [2.24, 2.45) is 29.1 Å². The molecule has 3 aliphatic carbocycles. The van der Waals surface area contributed by atoms with Crippen molar-refractivity contribution in [2.75, 3.05) is 13.2 Å². The van der Waals surface area contributed by atoms with Gasteiger partial charge in [0, 0.05) is 17.3 Å². The summed E-state index contributed by atoms with van der Waals surface area (Å²) in [5.41, 5.74) is 1.42. The molecule has 1 heterocycles. The Hall–Kier alpha value is -0.670. The van der Waals surface area contributed by atoms with Crippen LogP contribution in [0.25, 0.3) is 0 Å². The maximum atomic E-state index is 12.6. The molecule has 1 saturated heterocycles. The van der Waals surface area contributed by atoms with E-state index < -0.39 is 0 Å². The highest BCUT2D eigenvalue weighted by Crippen LogP contribution is 2.58. The van der Waals surface area contributed by atoms with Crippen LogP contribution in [0.4, 0.5) is 0 Å². The molecule has 1 aliphatic heterocycles. The second kappa shape index (κ2) is 4.66. The number of Topliss-reactive ketones (excluding diaryl/α,β-unsaturated/α-hetero) is 1. The molecule has 3 heteroatoms. The van der Waals surface area contributed by atoms with E-state index in [0.29, 0.717) is 23.5 Å². The predicted octanol–water partition coefficient (Wildman–Crippen LogP) is 2.99. The molecule has 2 saturated carbocycles. The summed E-state index contributed by atoms with van der Waals surface area (Å²) in [4.78, 5) is 12.6. The van der Waals surface area contributed by atoms with Gasteiger partial charge in [0.1, 0.15) is 5.78 Å². The van der Waals surface area contributed by atoms with Crippen LogP contribution in [0.5, 0.6) is 0 Å². The van der Waals surface area contributed by atoms with E-state index in [0.717, 1.165) is 32.5 Å². The van der Waals surface area contributed by atoms with E-state index in [1.165, 1.54) is 0 Å². The molecule has 4 aliphatic rings. The molecule has 0 aromatic heterocycles. The predicted molar refractivity (Wildman–Crippen MR) is 79.8 cm³/mol. The molecule has 0 spiro atoms. The molecule has 0 amide bonds. The number of carbonyl (C=O) groups is 1. The van der Waals surface area contributed by atoms with Crippen molar-refractivity contribution >= 4 is 5.78 Å². The number of fused-ring (bicyclic) bond motifs is 4. The second-order valence-corrected chi connectivity index (χ2v) is 7.81. The zero-order valence-corrected chi connectivity index (χ0v) is 13.3. The molecule has 21 heavy (non-hydrogen) atoms. The maximum Gasteiger partial charge on any atom is 0.142 e. The first-order valence-corrected chi connectivity index (χ1v) is 8.50. The van der Waals surface area contributed by atoms with E-state index in [4.69, 9.17) is 9.47 Å². The van der Waals surface area contributed by atoms with E-state index in [1.54, 1.807) is 5.57 Å². The lowest BCUT2D eigenvalue weighted by molar-refractivity contribution is -0.173. The second-order valence-electron chi connectivity index (χ2n) is 7.81. The summed E-state index contributed by atoms with van der Waals surface area (Å²) in [5, 5.41) is 0. The van der Waals surface area contributed by atoms with Gasteiger partial charge in [0.05, 0.1) is 25.4 Å². The third kappa shape index (κ3) is 1.83. The summed E-state index contributed by atoms with van der Waals surface area (Å²) < 4.78 is 12.0. The van der Waals surface area contributed by atoms with Crippen LogP contribution in [0.3, 0.4) is 0 Å². The molecular formula is C18H26O3. The Morgan fingerprint density at radius 3 is 2.76 bits per heavy atom. The Morgan fingerprint density at radius 2 is 1.95 bits per heavy atom. The largest absolute Gasteiger partial charge is 0.373 e. The SMILES string of the molecule is CC1C2=CC[C@@]3(C)C(=O)[C@@H](C)CC3C2CC2OCCOC21. The summed E-state index contributed by atoms with van der Waals surface area (Å²) in [7, 11) is 0. The highest BCUT2D eigenvalue weighted by Gasteiger charge is 2.57. The fourth-order valence-electron chi connectivity index (χ4n) is 5.59. The van der Waals surface area contributed by atoms with Crippen molar-refractivity contribution < 1.29 is 14.3 Å². The Kier molecular flexibility index (Phi) is 3.10. The fraction of sp³-hybridized carbons (Fsp3) is 0.833. The Bertz CT molecular complexity index is 497. The smallest absolute Gasteiger partial charge is 0.142 e. The molecule has 3 nitrogen and oxygen atoms in total. The summed E-state index contributed by atoms with van der Waals surface area (Å²) in [5.74, 6) is 2.18. The van der Waals surface area contributed by atoms with Gasteiger partial charge in [0.25, 0.3) is 0 Å².